The Kier molecular flexibility index (Phi) is 9.18. The van der Waals surface area contributed by atoms with Gasteiger partial charge in [-0.1, -0.05) is 206 Å². The number of fused-ring (bicyclic) bond motifs is 18. The van der Waals surface area contributed by atoms with Crippen molar-refractivity contribution in [2.24, 2.45) is 0 Å². The Morgan fingerprint density at radius 3 is 1.26 bits per heavy atom. The normalized spacial score (nSPS) is 12.1. The smallest absolute Gasteiger partial charge is 0.0361 e. The molecule has 74 heavy (non-hydrogen) atoms. The molecule has 0 fully saturated rings. The molecule has 0 aliphatic rings. The molecule has 342 valence electrons. The van der Waals surface area contributed by atoms with E-state index in [0.717, 1.165) is 0 Å². The molecule has 0 N–H and O–H groups in total. The summed E-state index contributed by atoms with van der Waals surface area (Å²) in [6.45, 7) is 0. The Balaban J connectivity index is 0.924. The summed E-state index contributed by atoms with van der Waals surface area (Å²) in [6.07, 6.45) is 0. The molecule has 2 aromatic heterocycles. The number of rotatable bonds is 5. The molecule has 0 atom stereocenters. The van der Waals surface area contributed by atoms with Crippen LogP contribution in [0.25, 0.3) is 161 Å². The van der Waals surface area contributed by atoms with Gasteiger partial charge in [0.1, 0.15) is 0 Å². The minimum atomic E-state index is 1.20. The standard InChI is InChI=1S/C72H42S2/c1-6-21-54-48(15-1)49-16-7-8-23-56(49)71-62(41-47(42-65(54)71)44-33-31-43(32-34-44)45-36-38-68-64(39-45)55-22-9-11-28-66(55)73-68)46-35-37-60-63(40-46)53-20-5-4-19-52(53)58-26-13-25-57(70(58)60)50-17-2-3-18-51(50)59-27-14-30-69-72(59)61-24-10-12-29-67(61)74-69/h1-42H. The van der Waals surface area contributed by atoms with Crippen LogP contribution in [0, 0.1) is 0 Å². The molecule has 2 heteroatoms. The van der Waals surface area contributed by atoms with Crippen molar-refractivity contribution in [3.05, 3.63) is 255 Å². The van der Waals surface area contributed by atoms with E-state index in [2.05, 4.69) is 255 Å². The second kappa shape index (κ2) is 16.3. The molecule has 16 rings (SSSR count). The summed E-state index contributed by atoms with van der Waals surface area (Å²) in [4.78, 5) is 0. The van der Waals surface area contributed by atoms with Crippen molar-refractivity contribution >= 4 is 128 Å². The van der Waals surface area contributed by atoms with Gasteiger partial charge in [-0.15, -0.1) is 22.7 Å². The van der Waals surface area contributed by atoms with Gasteiger partial charge in [-0.3, -0.25) is 0 Å². The third kappa shape index (κ3) is 6.26. The maximum absolute atomic E-state index is 2.49. The van der Waals surface area contributed by atoms with Gasteiger partial charge in [-0.2, -0.15) is 0 Å². The minimum absolute atomic E-state index is 1.20. The Morgan fingerprint density at radius 1 is 0.162 bits per heavy atom. The molecule has 0 saturated carbocycles. The quantitative estimate of drug-likeness (QED) is 0.151. The molecule has 0 radical (unpaired) electrons. The van der Waals surface area contributed by atoms with Gasteiger partial charge in [0, 0.05) is 40.3 Å². The molecule has 0 amide bonds. The van der Waals surface area contributed by atoms with Crippen LogP contribution in [0.2, 0.25) is 0 Å². The van der Waals surface area contributed by atoms with Crippen LogP contribution in [-0.4, -0.2) is 0 Å². The molecular formula is C72H42S2. The van der Waals surface area contributed by atoms with Crippen LogP contribution >= 0.6 is 22.7 Å². The molecule has 0 spiro atoms. The van der Waals surface area contributed by atoms with Gasteiger partial charge >= 0.3 is 0 Å². The Bertz CT molecular complexity index is 5010. The summed E-state index contributed by atoms with van der Waals surface area (Å²) in [5.74, 6) is 0. The SMILES string of the molecule is c1ccc(-c2cccc3c4ccccc4c4cc(-c5cc(-c6ccc(-c7ccc8sc9ccccc9c8c7)cc6)cc6c7ccccc7c7ccccc7c56)ccc4c23)c(-c2cccc3sc4ccccc4c23)c1. The zero-order valence-corrected chi connectivity index (χ0v) is 41.7. The highest BCUT2D eigenvalue weighted by Crippen LogP contribution is 2.49. The van der Waals surface area contributed by atoms with Gasteiger partial charge in [0.05, 0.1) is 0 Å². The van der Waals surface area contributed by atoms with Crippen LogP contribution in [-0.2, 0) is 0 Å². The van der Waals surface area contributed by atoms with Gasteiger partial charge in [0.2, 0.25) is 0 Å². The van der Waals surface area contributed by atoms with Crippen molar-refractivity contribution in [2.75, 3.05) is 0 Å². The first-order valence-electron chi connectivity index (χ1n) is 25.5. The Labute approximate surface area is 435 Å². The van der Waals surface area contributed by atoms with E-state index in [1.807, 2.05) is 22.7 Å². The Morgan fingerprint density at radius 2 is 0.554 bits per heavy atom. The number of hydrogen-bond acceptors (Lipinski definition) is 2. The lowest BCUT2D eigenvalue weighted by Crippen LogP contribution is -1.92. The van der Waals surface area contributed by atoms with Crippen LogP contribution in [0.3, 0.4) is 0 Å². The Hall–Kier alpha value is -8.92. The van der Waals surface area contributed by atoms with Gasteiger partial charge in [0.25, 0.3) is 0 Å². The number of benzene rings is 14. The van der Waals surface area contributed by atoms with Crippen molar-refractivity contribution in [2.45, 2.75) is 0 Å². The topological polar surface area (TPSA) is 0 Å². The van der Waals surface area contributed by atoms with E-state index >= 15 is 0 Å². The highest BCUT2D eigenvalue weighted by atomic mass is 32.1. The second-order valence-electron chi connectivity index (χ2n) is 19.8. The van der Waals surface area contributed by atoms with Crippen LogP contribution in [0.15, 0.2) is 255 Å². The molecular weight excluding hydrogens is 929 g/mol. The van der Waals surface area contributed by atoms with Gasteiger partial charge < -0.3 is 0 Å². The van der Waals surface area contributed by atoms with E-state index in [1.54, 1.807) is 0 Å². The maximum Gasteiger partial charge on any atom is 0.0361 e. The highest BCUT2D eigenvalue weighted by Gasteiger charge is 2.21. The predicted molar refractivity (Wildman–Crippen MR) is 324 cm³/mol. The molecule has 14 aromatic carbocycles. The van der Waals surface area contributed by atoms with Gasteiger partial charge in [0.15, 0.2) is 0 Å². The molecule has 0 aliphatic heterocycles. The average molecular weight is 971 g/mol. The van der Waals surface area contributed by atoms with E-state index < -0.39 is 0 Å². The fraction of sp³-hybridized carbons (Fsp3) is 0. The largest absolute Gasteiger partial charge is 0.135 e. The average Bonchev–Trinajstić information content (AvgIpc) is 4.09. The molecule has 0 nitrogen and oxygen atoms in total. The first-order valence-corrected chi connectivity index (χ1v) is 27.1. The molecule has 0 saturated heterocycles. The maximum atomic E-state index is 2.49. The summed E-state index contributed by atoms with van der Waals surface area (Å²) in [5.41, 5.74) is 12.3. The lowest BCUT2D eigenvalue weighted by Gasteiger charge is -2.19. The van der Waals surface area contributed by atoms with Gasteiger partial charge in [-0.25, -0.2) is 0 Å². The molecule has 2 heterocycles. The third-order valence-electron chi connectivity index (χ3n) is 15.9. The van der Waals surface area contributed by atoms with Crippen molar-refractivity contribution in [1.82, 2.24) is 0 Å². The third-order valence-corrected chi connectivity index (χ3v) is 18.1. The van der Waals surface area contributed by atoms with E-state index in [9.17, 15) is 0 Å². The summed E-state index contributed by atoms with van der Waals surface area (Å²) in [6, 6.07) is 95.8. The fourth-order valence-corrected chi connectivity index (χ4v) is 14.8. The minimum Gasteiger partial charge on any atom is -0.135 e. The lowest BCUT2D eigenvalue weighted by atomic mass is 9.84. The monoisotopic (exact) mass is 970 g/mol. The second-order valence-corrected chi connectivity index (χ2v) is 21.9. The van der Waals surface area contributed by atoms with Crippen LogP contribution in [0.1, 0.15) is 0 Å². The van der Waals surface area contributed by atoms with E-state index in [0.29, 0.717) is 0 Å². The first kappa shape index (κ1) is 41.7. The molecule has 0 aliphatic carbocycles. The van der Waals surface area contributed by atoms with Crippen molar-refractivity contribution in [3.63, 3.8) is 0 Å². The van der Waals surface area contributed by atoms with E-state index in [4.69, 9.17) is 0 Å². The van der Waals surface area contributed by atoms with Crippen molar-refractivity contribution in [3.8, 4) is 55.6 Å². The zero-order valence-electron chi connectivity index (χ0n) is 40.1. The number of thiophene rings is 2. The molecule has 0 unspecified atom stereocenters. The summed E-state index contributed by atoms with van der Waals surface area (Å²) in [5, 5.41) is 20.5. The van der Waals surface area contributed by atoms with Crippen molar-refractivity contribution in [1.29, 1.82) is 0 Å². The van der Waals surface area contributed by atoms with E-state index in [1.165, 1.54) is 161 Å². The number of hydrogen-bond donors (Lipinski definition) is 0. The van der Waals surface area contributed by atoms with E-state index in [-0.39, 0.29) is 0 Å². The summed E-state index contributed by atoms with van der Waals surface area (Å²) < 4.78 is 5.29. The van der Waals surface area contributed by atoms with Crippen LogP contribution in [0.4, 0.5) is 0 Å². The highest BCUT2D eigenvalue weighted by molar-refractivity contribution is 7.26. The lowest BCUT2D eigenvalue weighted by molar-refractivity contribution is 1.62. The molecule has 0 bridgehead atoms. The van der Waals surface area contributed by atoms with Crippen LogP contribution < -0.4 is 0 Å². The predicted octanol–water partition coefficient (Wildman–Crippen LogP) is 21.7. The van der Waals surface area contributed by atoms with Crippen LogP contribution in [0.5, 0.6) is 0 Å². The molecule has 16 aromatic rings. The first-order chi connectivity index (χ1) is 36.7. The summed E-state index contributed by atoms with van der Waals surface area (Å²) >= 11 is 3.75. The van der Waals surface area contributed by atoms with Gasteiger partial charge in [-0.05, 0) is 169 Å². The zero-order chi connectivity index (χ0) is 48.4. The van der Waals surface area contributed by atoms with Crippen molar-refractivity contribution < 1.29 is 0 Å². The fourth-order valence-electron chi connectivity index (χ4n) is 12.5. The summed E-state index contributed by atoms with van der Waals surface area (Å²) in [7, 11) is 0.